The minimum absolute atomic E-state index is 0.0503. The Morgan fingerprint density at radius 1 is 1.17 bits per heavy atom. The van der Waals surface area contributed by atoms with Gasteiger partial charge in [0.2, 0.25) is 0 Å². The maximum atomic E-state index is 11.6. The lowest BCUT2D eigenvalue weighted by Crippen LogP contribution is -2.32. The monoisotopic (exact) mass is 318 g/mol. The maximum absolute atomic E-state index is 11.6. The number of benzene rings is 1. The molecule has 2 rings (SSSR count). The van der Waals surface area contributed by atoms with Crippen LogP contribution >= 0.6 is 0 Å². The summed E-state index contributed by atoms with van der Waals surface area (Å²) < 4.78 is 5.48. The van der Waals surface area contributed by atoms with Crippen LogP contribution in [0.1, 0.15) is 38.2 Å². The molecule has 2 amide bonds. The molecule has 0 bridgehead atoms. The van der Waals surface area contributed by atoms with E-state index in [1.165, 1.54) is 0 Å². The van der Waals surface area contributed by atoms with Gasteiger partial charge in [0.25, 0.3) is 11.8 Å². The van der Waals surface area contributed by atoms with Crippen LogP contribution in [0.15, 0.2) is 24.3 Å². The average molecular weight is 318 g/mol. The van der Waals surface area contributed by atoms with Crippen LogP contribution in [-0.2, 0) is 19.2 Å². The molecular formula is C16H18N2O5. The fourth-order valence-electron chi connectivity index (χ4n) is 2.01. The fraction of sp³-hybridized carbons (Fsp3) is 0.375. The van der Waals surface area contributed by atoms with Crippen molar-refractivity contribution in [2.75, 3.05) is 6.61 Å². The minimum atomic E-state index is -0.632. The van der Waals surface area contributed by atoms with Gasteiger partial charge in [-0.15, -0.1) is 5.06 Å². The van der Waals surface area contributed by atoms with E-state index in [1.54, 1.807) is 31.2 Å². The molecular weight excluding hydrogens is 300 g/mol. The van der Waals surface area contributed by atoms with Crippen molar-refractivity contribution in [3.8, 4) is 5.75 Å². The fourth-order valence-corrected chi connectivity index (χ4v) is 2.01. The third-order valence-electron chi connectivity index (χ3n) is 3.28. The van der Waals surface area contributed by atoms with E-state index < -0.39 is 17.8 Å². The Balaban J connectivity index is 1.68. The lowest BCUT2D eigenvalue weighted by atomic mass is 10.1. The molecule has 7 nitrogen and oxygen atoms in total. The highest BCUT2D eigenvalue weighted by Crippen LogP contribution is 2.14. The van der Waals surface area contributed by atoms with Crippen molar-refractivity contribution in [3.05, 3.63) is 29.8 Å². The number of imide groups is 1. The summed E-state index contributed by atoms with van der Waals surface area (Å²) in [7, 11) is 0. The zero-order valence-electron chi connectivity index (χ0n) is 12.8. The third-order valence-corrected chi connectivity index (χ3v) is 3.28. The van der Waals surface area contributed by atoms with Crippen molar-refractivity contribution in [2.24, 2.45) is 0 Å². The van der Waals surface area contributed by atoms with Crippen LogP contribution in [0.5, 0.6) is 5.75 Å². The zero-order valence-corrected chi connectivity index (χ0v) is 12.8. The van der Waals surface area contributed by atoms with Gasteiger partial charge in [0.15, 0.2) is 0 Å². The van der Waals surface area contributed by atoms with Crippen LogP contribution in [-0.4, -0.2) is 35.2 Å². The first kappa shape index (κ1) is 16.7. The van der Waals surface area contributed by atoms with E-state index in [0.717, 1.165) is 5.56 Å². The second-order valence-electron chi connectivity index (χ2n) is 5.15. The summed E-state index contributed by atoms with van der Waals surface area (Å²) in [5.74, 6) is -0.956. The number of hydrogen-bond acceptors (Lipinski definition) is 6. The molecule has 23 heavy (non-hydrogen) atoms. The van der Waals surface area contributed by atoms with Gasteiger partial charge < -0.3 is 15.0 Å². The summed E-state index contributed by atoms with van der Waals surface area (Å²) in [4.78, 5) is 38.9. The highest BCUT2D eigenvalue weighted by Gasteiger charge is 2.32. The summed E-state index contributed by atoms with van der Waals surface area (Å²) >= 11 is 0. The standard InChI is InChI=1S/C16H18N2O5/c1-11(17)12-4-6-13(7-5-12)22-10-2-3-16(21)23-18-14(19)8-9-15(18)20/h4-7,17H,2-3,8-10H2,1H3. The Labute approximate surface area is 133 Å². The molecule has 1 aliphatic heterocycles. The van der Waals surface area contributed by atoms with E-state index >= 15 is 0 Å². The quantitative estimate of drug-likeness (QED) is 0.470. The molecule has 1 aromatic carbocycles. The van der Waals surface area contributed by atoms with Crippen molar-refractivity contribution in [2.45, 2.75) is 32.6 Å². The molecule has 1 aromatic rings. The molecule has 1 N–H and O–H groups in total. The molecule has 122 valence electrons. The van der Waals surface area contributed by atoms with Gasteiger partial charge in [-0.05, 0) is 43.2 Å². The molecule has 1 aliphatic rings. The summed E-state index contributed by atoms with van der Waals surface area (Å²) in [6.07, 6.45) is 0.621. The summed E-state index contributed by atoms with van der Waals surface area (Å²) in [6, 6.07) is 7.09. The van der Waals surface area contributed by atoms with Crippen LogP contribution in [0.2, 0.25) is 0 Å². The van der Waals surface area contributed by atoms with E-state index in [-0.39, 0.29) is 19.3 Å². The molecule has 7 heteroatoms. The van der Waals surface area contributed by atoms with E-state index in [4.69, 9.17) is 15.0 Å². The highest BCUT2D eigenvalue weighted by atomic mass is 16.7. The van der Waals surface area contributed by atoms with Gasteiger partial charge >= 0.3 is 5.97 Å². The SMILES string of the molecule is CC(=N)c1ccc(OCCCC(=O)ON2C(=O)CCC2=O)cc1. The first-order valence-corrected chi connectivity index (χ1v) is 7.32. The number of carbonyl (C=O) groups is 3. The number of hydrogen-bond donors (Lipinski definition) is 1. The summed E-state index contributed by atoms with van der Waals surface area (Å²) in [6.45, 7) is 2.01. The van der Waals surface area contributed by atoms with Gasteiger partial charge in [-0.2, -0.15) is 0 Å². The lowest BCUT2D eigenvalue weighted by molar-refractivity contribution is -0.197. The number of rotatable bonds is 7. The van der Waals surface area contributed by atoms with Crippen LogP contribution in [0.25, 0.3) is 0 Å². The van der Waals surface area contributed by atoms with Crippen molar-refractivity contribution in [3.63, 3.8) is 0 Å². The van der Waals surface area contributed by atoms with E-state index in [9.17, 15) is 14.4 Å². The number of nitrogens with zero attached hydrogens (tertiary/aromatic N) is 1. The number of hydroxylamine groups is 2. The van der Waals surface area contributed by atoms with Crippen molar-refractivity contribution < 1.29 is 24.0 Å². The first-order chi connectivity index (χ1) is 11.0. The molecule has 0 aliphatic carbocycles. The predicted molar refractivity (Wildman–Crippen MR) is 80.9 cm³/mol. The predicted octanol–water partition coefficient (Wildman–Crippen LogP) is 1.84. The molecule has 1 heterocycles. The van der Waals surface area contributed by atoms with Crippen LogP contribution in [0.4, 0.5) is 0 Å². The van der Waals surface area contributed by atoms with Gasteiger partial charge in [-0.25, -0.2) is 4.79 Å². The smallest absolute Gasteiger partial charge is 0.333 e. The Kier molecular flexibility index (Phi) is 5.46. The Bertz CT molecular complexity index is 608. The number of carbonyl (C=O) groups excluding carboxylic acids is 3. The molecule has 1 saturated heterocycles. The Hall–Kier alpha value is -2.70. The van der Waals surface area contributed by atoms with E-state index in [2.05, 4.69) is 0 Å². The Morgan fingerprint density at radius 3 is 2.35 bits per heavy atom. The molecule has 0 saturated carbocycles. The highest BCUT2D eigenvalue weighted by molar-refractivity contribution is 6.01. The molecule has 0 atom stereocenters. The largest absolute Gasteiger partial charge is 0.494 e. The number of nitrogens with one attached hydrogen (secondary N) is 1. The summed E-state index contributed by atoms with van der Waals surface area (Å²) in [5, 5.41) is 8.04. The molecule has 0 unspecified atom stereocenters. The minimum Gasteiger partial charge on any atom is -0.494 e. The third kappa shape index (κ3) is 4.64. The number of amides is 2. The molecule has 0 radical (unpaired) electrons. The van der Waals surface area contributed by atoms with Crippen LogP contribution < -0.4 is 4.74 Å². The normalized spacial score (nSPS) is 14.0. The zero-order chi connectivity index (χ0) is 16.8. The second-order valence-corrected chi connectivity index (χ2v) is 5.15. The van der Waals surface area contributed by atoms with E-state index in [0.29, 0.717) is 29.6 Å². The molecule has 0 aromatic heterocycles. The van der Waals surface area contributed by atoms with Crippen molar-refractivity contribution in [1.29, 1.82) is 5.41 Å². The maximum Gasteiger partial charge on any atom is 0.333 e. The van der Waals surface area contributed by atoms with Gasteiger partial charge in [0, 0.05) is 18.6 Å². The van der Waals surface area contributed by atoms with Crippen molar-refractivity contribution in [1.82, 2.24) is 5.06 Å². The topological polar surface area (TPSA) is 96.8 Å². The van der Waals surface area contributed by atoms with Gasteiger partial charge in [-0.1, -0.05) is 0 Å². The molecule has 1 fully saturated rings. The van der Waals surface area contributed by atoms with E-state index in [1.807, 2.05) is 0 Å². The second kappa shape index (κ2) is 7.53. The van der Waals surface area contributed by atoms with Gasteiger partial charge in [0.1, 0.15) is 5.75 Å². The summed E-state index contributed by atoms with van der Waals surface area (Å²) in [5.41, 5.74) is 1.30. The molecule has 0 spiro atoms. The van der Waals surface area contributed by atoms with Crippen LogP contribution in [0, 0.1) is 5.41 Å². The van der Waals surface area contributed by atoms with Gasteiger partial charge in [0.05, 0.1) is 13.0 Å². The first-order valence-electron chi connectivity index (χ1n) is 7.32. The van der Waals surface area contributed by atoms with Gasteiger partial charge in [-0.3, -0.25) is 9.59 Å². The Morgan fingerprint density at radius 2 is 1.78 bits per heavy atom. The van der Waals surface area contributed by atoms with Crippen LogP contribution in [0.3, 0.4) is 0 Å². The number of ether oxygens (including phenoxy) is 1. The lowest BCUT2D eigenvalue weighted by Gasteiger charge is -2.12. The average Bonchev–Trinajstić information content (AvgIpc) is 2.84. The van der Waals surface area contributed by atoms with Crippen molar-refractivity contribution >= 4 is 23.5 Å².